The van der Waals surface area contributed by atoms with Crippen LogP contribution in [-0.4, -0.2) is 23.1 Å². The summed E-state index contributed by atoms with van der Waals surface area (Å²) < 4.78 is 0. The third-order valence-corrected chi connectivity index (χ3v) is 2.12. The molecule has 0 saturated heterocycles. The van der Waals surface area contributed by atoms with Gasteiger partial charge in [-0.15, -0.1) is 0 Å². The van der Waals surface area contributed by atoms with Gasteiger partial charge in [0.15, 0.2) is 5.78 Å². The smallest absolute Gasteiger partial charge is 0.226 e. The van der Waals surface area contributed by atoms with Crippen LogP contribution in [0, 0.1) is 0 Å². The molecule has 0 radical (unpaired) electrons. The zero-order valence-electron chi connectivity index (χ0n) is 8.40. The summed E-state index contributed by atoms with van der Waals surface area (Å²) in [5, 5.41) is 0. The second kappa shape index (κ2) is 5.37. The van der Waals surface area contributed by atoms with Gasteiger partial charge >= 0.3 is 0 Å². The van der Waals surface area contributed by atoms with Crippen LogP contribution in [0.1, 0.15) is 26.2 Å². The van der Waals surface area contributed by atoms with Gasteiger partial charge in [0.1, 0.15) is 0 Å². The fraction of sp³-hybridized carbons (Fsp3) is 0.455. The molecule has 14 heavy (non-hydrogen) atoms. The Morgan fingerprint density at radius 3 is 3.00 bits per heavy atom. The predicted molar refractivity (Wildman–Crippen MR) is 54.5 cm³/mol. The predicted octanol–water partition coefficient (Wildman–Crippen LogP) is 1.66. The summed E-state index contributed by atoms with van der Waals surface area (Å²) in [6.07, 6.45) is 8.70. The van der Waals surface area contributed by atoms with Crippen molar-refractivity contribution in [1.82, 2.24) is 4.90 Å². The molecule has 0 N–H and O–H groups in total. The minimum Gasteiger partial charge on any atom is -0.318 e. The van der Waals surface area contributed by atoms with E-state index in [0.29, 0.717) is 19.4 Å². The lowest BCUT2D eigenvalue weighted by molar-refractivity contribution is -0.129. The summed E-state index contributed by atoms with van der Waals surface area (Å²) >= 11 is 0. The normalized spacial score (nSPS) is 16.6. The van der Waals surface area contributed by atoms with Crippen molar-refractivity contribution in [2.75, 3.05) is 6.54 Å². The average molecular weight is 193 g/mol. The number of nitrogens with zero attached hydrogens (tertiary/aromatic N) is 1. The lowest BCUT2D eigenvalue weighted by Crippen LogP contribution is -2.30. The lowest BCUT2D eigenvalue weighted by Gasteiger charge is -2.20. The molecule has 0 fully saturated rings. The van der Waals surface area contributed by atoms with Crippen molar-refractivity contribution < 1.29 is 9.59 Å². The minimum absolute atomic E-state index is 0.0897. The molecule has 1 rings (SSSR count). The number of hydrogen-bond donors (Lipinski definition) is 0. The molecule has 0 aromatic heterocycles. The van der Waals surface area contributed by atoms with Crippen molar-refractivity contribution in [3.8, 4) is 0 Å². The molecule has 76 valence electrons. The first-order valence-corrected chi connectivity index (χ1v) is 4.85. The molecule has 3 heteroatoms. The second-order valence-electron chi connectivity index (χ2n) is 3.23. The van der Waals surface area contributed by atoms with E-state index in [2.05, 4.69) is 0 Å². The van der Waals surface area contributed by atoms with Gasteiger partial charge < -0.3 is 4.90 Å². The third-order valence-electron chi connectivity index (χ3n) is 2.12. The maximum Gasteiger partial charge on any atom is 0.226 e. The number of ketones is 1. The third kappa shape index (κ3) is 3.17. The van der Waals surface area contributed by atoms with Crippen LogP contribution in [0.5, 0.6) is 0 Å². The maximum atomic E-state index is 11.5. The van der Waals surface area contributed by atoms with E-state index in [-0.39, 0.29) is 11.7 Å². The molecule has 0 atom stereocenters. The fourth-order valence-corrected chi connectivity index (χ4v) is 1.29. The van der Waals surface area contributed by atoms with Crippen molar-refractivity contribution in [3.05, 3.63) is 24.4 Å². The Morgan fingerprint density at radius 1 is 1.64 bits per heavy atom. The van der Waals surface area contributed by atoms with E-state index in [1.807, 2.05) is 19.1 Å². The molecule has 0 aromatic carbocycles. The number of rotatable bonds is 3. The maximum absolute atomic E-state index is 11.5. The largest absolute Gasteiger partial charge is 0.318 e. The highest BCUT2D eigenvalue weighted by atomic mass is 16.2. The number of carbonyl (C=O) groups is 2. The number of allylic oxidation sites excluding steroid dienone is 3. The summed E-state index contributed by atoms with van der Waals surface area (Å²) in [4.78, 5) is 24.0. The van der Waals surface area contributed by atoms with Gasteiger partial charge in [-0.2, -0.15) is 0 Å². The van der Waals surface area contributed by atoms with Crippen LogP contribution >= 0.6 is 0 Å². The van der Waals surface area contributed by atoms with E-state index in [0.717, 1.165) is 6.42 Å². The number of hydrogen-bond acceptors (Lipinski definition) is 2. The molecule has 0 unspecified atom stereocenters. The van der Waals surface area contributed by atoms with Crippen LogP contribution < -0.4 is 0 Å². The van der Waals surface area contributed by atoms with Crippen LogP contribution in [0.15, 0.2) is 24.4 Å². The molecule has 0 aromatic rings. The first kappa shape index (κ1) is 10.7. The summed E-state index contributed by atoms with van der Waals surface area (Å²) in [6, 6.07) is 0. The van der Waals surface area contributed by atoms with E-state index in [1.54, 1.807) is 11.1 Å². The van der Waals surface area contributed by atoms with Gasteiger partial charge in [-0.25, -0.2) is 0 Å². The van der Waals surface area contributed by atoms with Crippen molar-refractivity contribution in [3.63, 3.8) is 0 Å². The highest BCUT2D eigenvalue weighted by Crippen LogP contribution is 2.06. The molecule has 1 aliphatic rings. The summed E-state index contributed by atoms with van der Waals surface area (Å²) in [5.41, 5.74) is 0. The van der Waals surface area contributed by atoms with E-state index in [1.165, 1.54) is 6.08 Å². The monoisotopic (exact) mass is 193 g/mol. The van der Waals surface area contributed by atoms with Crippen molar-refractivity contribution in [2.45, 2.75) is 26.2 Å². The standard InChI is InChI=1S/C11H15NO2/c1-2-3-4-5-11(14)12-8-6-10(13)7-9-12/h2-3,6,8H,4-5,7,9H2,1H3/b3-2-. The Labute approximate surface area is 84.1 Å². The first-order chi connectivity index (χ1) is 6.74. The highest BCUT2D eigenvalue weighted by Gasteiger charge is 2.14. The van der Waals surface area contributed by atoms with Gasteiger partial charge in [-0.3, -0.25) is 9.59 Å². The lowest BCUT2D eigenvalue weighted by atomic mass is 10.2. The van der Waals surface area contributed by atoms with E-state index in [4.69, 9.17) is 0 Å². The molecule has 1 heterocycles. The number of amides is 1. The summed E-state index contributed by atoms with van der Waals surface area (Å²) in [7, 11) is 0. The van der Waals surface area contributed by atoms with Crippen LogP contribution in [0.4, 0.5) is 0 Å². The van der Waals surface area contributed by atoms with Crippen molar-refractivity contribution in [2.24, 2.45) is 0 Å². The Kier molecular flexibility index (Phi) is 4.11. The Hall–Kier alpha value is -1.38. The summed E-state index contributed by atoms with van der Waals surface area (Å²) in [5.74, 6) is 0.189. The molecule has 0 saturated carbocycles. The quantitative estimate of drug-likeness (QED) is 0.639. The zero-order chi connectivity index (χ0) is 10.4. The zero-order valence-corrected chi connectivity index (χ0v) is 8.40. The highest BCUT2D eigenvalue weighted by molar-refractivity contribution is 5.92. The second-order valence-corrected chi connectivity index (χ2v) is 3.23. The van der Waals surface area contributed by atoms with Gasteiger partial charge in [0.25, 0.3) is 0 Å². The van der Waals surface area contributed by atoms with Crippen LogP contribution in [0.2, 0.25) is 0 Å². The topological polar surface area (TPSA) is 37.4 Å². The molecule has 1 aliphatic heterocycles. The fourth-order valence-electron chi connectivity index (χ4n) is 1.29. The molecule has 3 nitrogen and oxygen atoms in total. The van der Waals surface area contributed by atoms with E-state index < -0.39 is 0 Å². The van der Waals surface area contributed by atoms with Crippen molar-refractivity contribution in [1.29, 1.82) is 0 Å². The van der Waals surface area contributed by atoms with E-state index in [9.17, 15) is 9.59 Å². The molecule has 0 bridgehead atoms. The van der Waals surface area contributed by atoms with Gasteiger partial charge in [-0.1, -0.05) is 12.2 Å². The van der Waals surface area contributed by atoms with Crippen LogP contribution in [0.3, 0.4) is 0 Å². The first-order valence-electron chi connectivity index (χ1n) is 4.85. The Morgan fingerprint density at radius 2 is 2.43 bits per heavy atom. The number of carbonyl (C=O) groups excluding carboxylic acids is 2. The SMILES string of the molecule is C/C=C\CCC(=O)N1C=CC(=O)CC1. The van der Waals surface area contributed by atoms with E-state index >= 15 is 0 Å². The molecule has 0 aliphatic carbocycles. The van der Waals surface area contributed by atoms with Gasteiger partial charge in [-0.05, 0) is 19.4 Å². The van der Waals surface area contributed by atoms with Crippen LogP contribution in [0.25, 0.3) is 0 Å². The Bertz CT molecular complexity index is 279. The average Bonchev–Trinajstić information content (AvgIpc) is 2.19. The van der Waals surface area contributed by atoms with Gasteiger partial charge in [0.2, 0.25) is 5.91 Å². The van der Waals surface area contributed by atoms with Gasteiger partial charge in [0.05, 0.1) is 0 Å². The molecular formula is C11H15NO2. The van der Waals surface area contributed by atoms with Gasteiger partial charge in [0, 0.05) is 25.6 Å². The van der Waals surface area contributed by atoms with Crippen LogP contribution in [-0.2, 0) is 9.59 Å². The Balaban J connectivity index is 2.38. The van der Waals surface area contributed by atoms with Crippen molar-refractivity contribution >= 4 is 11.7 Å². The molecule has 1 amide bonds. The summed E-state index contributed by atoms with van der Waals surface area (Å²) in [6.45, 7) is 2.47. The molecular weight excluding hydrogens is 178 g/mol. The minimum atomic E-state index is 0.0897. The molecule has 0 spiro atoms.